The molecule has 1 spiro atoms. The van der Waals surface area contributed by atoms with Crippen molar-refractivity contribution >= 4 is 86.3 Å². The molecular weight excluding hydrogens is 1580 g/mol. The molecule has 15 rings (SSSR count). The summed E-state index contributed by atoms with van der Waals surface area (Å²) in [7, 11) is 8.08. The van der Waals surface area contributed by atoms with E-state index in [1.54, 1.807) is 82.9 Å². The lowest BCUT2D eigenvalue weighted by atomic mass is 9.62. The van der Waals surface area contributed by atoms with Crippen LogP contribution in [0.4, 0.5) is 23.2 Å². The number of alkyl halides is 3. The maximum Gasteiger partial charge on any atom is 0.416 e. The Morgan fingerprint density at radius 1 is 0.615 bits per heavy atom. The minimum absolute atomic E-state index is 0.0314. The van der Waals surface area contributed by atoms with E-state index in [0.29, 0.717) is 34.2 Å². The minimum Gasteiger partial charge on any atom is -0.497 e. The third-order valence-electron chi connectivity index (χ3n) is 23.4. The van der Waals surface area contributed by atoms with E-state index >= 15 is 0 Å². The number of ether oxygens (including phenoxy) is 1. The van der Waals surface area contributed by atoms with E-state index in [9.17, 15) is 52.1 Å². The molecule has 7 atom stereocenters. The van der Waals surface area contributed by atoms with Crippen molar-refractivity contribution in [2.24, 2.45) is 60.5 Å². The largest absolute Gasteiger partial charge is 0.497 e. The second-order valence-electron chi connectivity index (χ2n) is 30.7. The summed E-state index contributed by atoms with van der Waals surface area (Å²) in [6, 6.07) is 59.3. The number of rotatable bonds is 11. The van der Waals surface area contributed by atoms with Gasteiger partial charge < -0.3 is 38.3 Å². The van der Waals surface area contributed by atoms with Crippen LogP contribution in [-0.4, -0.2) is 121 Å². The number of anilines is 1. The molecule has 0 saturated carbocycles. The SMILES string of the molecule is CN1C(=O)C[C@@](C)(c2cccc(-c3cccc(C(N)=O)c3)c2)N=C1N.CN1C(=O)[C@H](c2ccc(C(F)(F)F)cc2)[C@@](C)(c2ccc(F)c(Br)c2)N=C1N.COc1ccc2c(c1)CC[C@]21C(=O)N(C)C(N)=N[C@]1(C)c1cccc(C#N)c1.Cc1cccc(N2CCC([C@@H]3C(=O)N(C)C(N)=N[C@]3(C)c3cc(-c4cccc(C#N)c4)cs3)CC2)c1. The molecule has 6 heterocycles. The van der Waals surface area contributed by atoms with Crippen molar-refractivity contribution in [1.82, 2.24) is 19.6 Å². The average Bonchev–Trinajstić information content (AvgIpc) is 1.42. The van der Waals surface area contributed by atoms with Gasteiger partial charge in [0.1, 0.15) is 33.6 Å². The number of nitrogens with zero attached hydrogens (tertiary/aromatic N) is 11. The minimum atomic E-state index is -4.49. The molecule has 602 valence electrons. The molecule has 28 heteroatoms. The topological polar surface area (TPSA) is 338 Å². The summed E-state index contributed by atoms with van der Waals surface area (Å²) < 4.78 is 57.9. The lowest BCUT2D eigenvalue weighted by molar-refractivity contribution is -0.138. The lowest BCUT2D eigenvalue weighted by Crippen LogP contribution is -2.62. The number of piperidine rings is 1. The van der Waals surface area contributed by atoms with Crippen LogP contribution in [0.15, 0.2) is 218 Å². The number of hydrogen-bond donors (Lipinski definition) is 5. The number of likely N-dealkylation sites (N-methyl/N-ethyl adjacent to an activating group) is 2. The Kier molecular flexibility index (Phi) is 23.7. The number of fused-ring (bicyclic) bond motifs is 2. The third kappa shape index (κ3) is 16.2. The highest BCUT2D eigenvalue weighted by Gasteiger charge is 2.62. The molecular formula is C89H89BrF4N16O6S. The Labute approximate surface area is 688 Å². The normalized spacial score (nSPS) is 23.1. The van der Waals surface area contributed by atoms with Crippen molar-refractivity contribution in [2.45, 2.75) is 106 Å². The molecule has 5 amide bonds. The number of primary amides is 1. The van der Waals surface area contributed by atoms with Crippen molar-refractivity contribution in [2.75, 3.05) is 53.3 Å². The van der Waals surface area contributed by atoms with Gasteiger partial charge in [0.25, 0.3) is 0 Å². The number of nitrogens with two attached hydrogens (primary N) is 5. The molecule has 1 saturated heterocycles. The van der Waals surface area contributed by atoms with Crippen LogP contribution in [0.1, 0.15) is 130 Å². The number of aryl methyl sites for hydroxylation is 2. The smallest absolute Gasteiger partial charge is 0.416 e. The summed E-state index contributed by atoms with van der Waals surface area (Å²) in [5.74, 6) is -1.12. The number of carbonyl (C=O) groups is 5. The Hall–Kier alpha value is -12.5. The molecule has 5 aliphatic heterocycles. The summed E-state index contributed by atoms with van der Waals surface area (Å²) in [5, 5.41) is 20.8. The first kappa shape index (κ1) is 83.9. The van der Waals surface area contributed by atoms with Gasteiger partial charge in [-0.2, -0.15) is 23.7 Å². The number of amides is 5. The van der Waals surface area contributed by atoms with Crippen LogP contribution in [0.2, 0.25) is 0 Å². The summed E-state index contributed by atoms with van der Waals surface area (Å²) in [5.41, 5.74) is 36.7. The molecule has 10 N–H and O–H groups in total. The molecule has 22 nitrogen and oxygen atoms in total. The zero-order valence-electron chi connectivity index (χ0n) is 66.2. The first-order valence-corrected chi connectivity index (χ1v) is 39.3. The van der Waals surface area contributed by atoms with Gasteiger partial charge in [-0.3, -0.25) is 43.6 Å². The number of aliphatic imine (C=N–C) groups is 4. The maximum absolute atomic E-state index is 13.7. The van der Waals surface area contributed by atoms with Crippen molar-refractivity contribution in [1.29, 1.82) is 10.5 Å². The summed E-state index contributed by atoms with van der Waals surface area (Å²) >= 11 is 4.72. The molecule has 1 fully saturated rings. The number of methoxy groups -OCH3 is 1. The van der Waals surface area contributed by atoms with Crippen LogP contribution in [-0.2, 0) is 59.3 Å². The first-order valence-electron chi connectivity index (χ1n) is 37.7. The molecule has 1 aromatic heterocycles. The molecule has 0 bridgehead atoms. The Bertz CT molecular complexity index is 5640. The average molecular weight is 1670 g/mol. The Balaban J connectivity index is 0.000000145. The van der Waals surface area contributed by atoms with E-state index in [1.165, 1.54) is 63.3 Å². The monoisotopic (exact) mass is 1660 g/mol. The van der Waals surface area contributed by atoms with E-state index in [0.717, 1.165) is 105 Å². The predicted octanol–water partition coefficient (Wildman–Crippen LogP) is 13.8. The highest BCUT2D eigenvalue weighted by molar-refractivity contribution is 9.10. The zero-order valence-corrected chi connectivity index (χ0v) is 68.6. The fourth-order valence-corrected chi connectivity index (χ4v) is 18.1. The summed E-state index contributed by atoms with van der Waals surface area (Å²) in [4.78, 5) is 91.7. The lowest BCUT2D eigenvalue weighted by Gasteiger charge is -2.48. The standard InChI is InChI=1S/C29H31N5OS.C22H22N4O2.C19H16BrF4N3O.C19H20N4O2/c1-19-6-4-9-24(14-19)34-12-10-21(11-13-34)26-27(35)33(3)28(31)32-29(26,2)25-16-23(18-36-25)22-8-5-7-20(15-22)17-30;1-21(16-6-4-5-14(11-16)13-23)22(19(27)26(2)20(24)25-21)10-9-15-12-17(28-3)7-8-18(15)22;1-18(12-7-8-14(21)13(20)9-12)15(16(28)27(2)17(25)26-18)10-3-5-11(6-4-10)19(22,23)24;1-19(11-16(24)23(2)18(21)22-19)15-8-4-6-13(10-15)12-5-3-7-14(9-12)17(20)25/h4-9,14-16,18,21,26H,10-13H2,1-3H3,(H2,31,32);4-8,11-12H,9-10H2,1-3H3,(H2,24,25);3-9,15H,1-2H3,(H2,25,26);3-10H,11H2,1-2H3,(H2,20,25)(H2,21,22)/t26-,29-;21-,22-;15-,18+;19-/m1100/s1. The number of nitriles is 2. The van der Waals surface area contributed by atoms with Crippen LogP contribution < -0.4 is 38.3 Å². The highest BCUT2D eigenvalue weighted by Crippen LogP contribution is 2.57. The predicted molar refractivity (Wildman–Crippen MR) is 449 cm³/mol. The number of benzene rings is 8. The van der Waals surface area contributed by atoms with Gasteiger partial charge in [0.15, 0.2) is 23.8 Å². The van der Waals surface area contributed by atoms with Gasteiger partial charge in [0.2, 0.25) is 29.5 Å². The number of guanidine groups is 4. The second-order valence-corrected chi connectivity index (χ2v) is 32.4. The summed E-state index contributed by atoms with van der Waals surface area (Å²) in [6.45, 7) is 11.5. The van der Waals surface area contributed by atoms with Gasteiger partial charge in [0, 0.05) is 57.4 Å². The van der Waals surface area contributed by atoms with Gasteiger partial charge in [0.05, 0.1) is 64.2 Å². The quantitative estimate of drug-likeness (QED) is 0.0753. The third-order valence-corrected chi connectivity index (χ3v) is 25.2. The number of hydrogen-bond acceptors (Lipinski definition) is 18. The molecule has 8 aromatic carbocycles. The molecule has 0 unspecified atom stereocenters. The van der Waals surface area contributed by atoms with Crippen molar-refractivity contribution in [3.05, 3.63) is 270 Å². The maximum atomic E-state index is 13.7. The van der Waals surface area contributed by atoms with E-state index in [-0.39, 0.29) is 64.3 Å². The van der Waals surface area contributed by atoms with Crippen molar-refractivity contribution < 1.29 is 46.3 Å². The van der Waals surface area contributed by atoms with Crippen LogP contribution in [0.3, 0.4) is 0 Å². The summed E-state index contributed by atoms with van der Waals surface area (Å²) in [6.07, 6.45) is -1.04. The molecule has 0 radical (unpaired) electrons. The van der Waals surface area contributed by atoms with Crippen LogP contribution >= 0.6 is 27.3 Å². The molecule has 6 aliphatic rings. The first-order chi connectivity index (χ1) is 55.4. The van der Waals surface area contributed by atoms with Gasteiger partial charge in [-0.25, -0.2) is 24.4 Å². The second kappa shape index (κ2) is 33.0. The van der Waals surface area contributed by atoms with Crippen LogP contribution in [0, 0.1) is 47.2 Å². The fraction of sp³-hybridized carbons (Fsp3) is 0.292. The molecule has 117 heavy (non-hydrogen) atoms. The molecule has 9 aromatic rings. The highest BCUT2D eigenvalue weighted by atomic mass is 79.9. The number of carbonyl (C=O) groups excluding carboxylic acids is 5. The van der Waals surface area contributed by atoms with Crippen molar-refractivity contribution in [3.8, 4) is 40.1 Å². The van der Waals surface area contributed by atoms with Gasteiger partial charge >= 0.3 is 6.18 Å². The number of halogens is 5. The van der Waals surface area contributed by atoms with Crippen molar-refractivity contribution in [3.63, 3.8) is 0 Å². The van der Waals surface area contributed by atoms with Crippen LogP contribution in [0.5, 0.6) is 5.75 Å². The molecule has 1 aliphatic carbocycles. The van der Waals surface area contributed by atoms with E-state index < -0.39 is 62.9 Å². The zero-order chi connectivity index (χ0) is 84.6. The van der Waals surface area contributed by atoms with E-state index in [4.69, 9.17) is 43.4 Å². The van der Waals surface area contributed by atoms with Gasteiger partial charge in [-0.15, -0.1) is 11.3 Å². The fourth-order valence-electron chi connectivity index (χ4n) is 16.6. The Morgan fingerprint density at radius 2 is 1.21 bits per heavy atom. The van der Waals surface area contributed by atoms with E-state index in [1.807, 2.05) is 92.7 Å². The Morgan fingerprint density at radius 3 is 1.84 bits per heavy atom. The van der Waals surface area contributed by atoms with Gasteiger partial charge in [-0.05, 0) is 246 Å². The number of thiophene rings is 1. The van der Waals surface area contributed by atoms with Gasteiger partial charge in [-0.1, -0.05) is 91.0 Å². The van der Waals surface area contributed by atoms with Crippen LogP contribution in [0.25, 0.3) is 22.3 Å². The van der Waals surface area contributed by atoms with E-state index in [2.05, 4.69) is 92.5 Å².